The van der Waals surface area contributed by atoms with E-state index in [1.165, 1.54) is 31.2 Å². The molecule has 0 radical (unpaired) electrons. The highest BCUT2D eigenvalue weighted by molar-refractivity contribution is 5.74. The van der Waals surface area contributed by atoms with Crippen molar-refractivity contribution in [2.24, 2.45) is 0 Å². The van der Waals surface area contributed by atoms with E-state index in [2.05, 4.69) is 34.1 Å². The highest BCUT2D eigenvalue weighted by Gasteiger charge is 2.27. The molecule has 1 unspecified atom stereocenters. The highest BCUT2D eigenvalue weighted by Crippen LogP contribution is 2.26. The lowest BCUT2D eigenvalue weighted by atomic mass is 10.0. The fraction of sp³-hybridized carbons (Fsp3) is 0.588. The molecule has 0 bridgehead atoms. The molecule has 0 spiro atoms. The molecule has 120 valence electrons. The molecule has 2 aliphatic heterocycles. The summed E-state index contributed by atoms with van der Waals surface area (Å²) >= 11 is 0. The Morgan fingerprint density at radius 3 is 3.05 bits per heavy atom. The second kappa shape index (κ2) is 7.11. The van der Waals surface area contributed by atoms with E-state index in [9.17, 15) is 4.79 Å². The van der Waals surface area contributed by atoms with Gasteiger partial charge in [-0.05, 0) is 24.5 Å². The van der Waals surface area contributed by atoms with Gasteiger partial charge in [-0.25, -0.2) is 4.79 Å². The molecule has 1 atom stereocenters. The Kier molecular flexibility index (Phi) is 4.95. The third-order valence-corrected chi connectivity index (χ3v) is 4.51. The fourth-order valence-electron chi connectivity index (χ4n) is 3.29. The number of morpholine rings is 1. The Hall–Kier alpha value is -1.59. The number of carbonyl (C=O) groups is 1. The second-order valence-corrected chi connectivity index (χ2v) is 5.90. The van der Waals surface area contributed by atoms with Crippen LogP contribution < -0.4 is 4.90 Å². The lowest BCUT2D eigenvalue weighted by Gasteiger charge is -2.36. The Balaban J connectivity index is 1.56. The molecular formula is C17H24N2O3. The molecule has 1 saturated heterocycles. The molecule has 2 aliphatic rings. The van der Waals surface area contributed by atoms with Gasteiger partial charge in [0.05, 0.1) is 13.7 Å². The maximum absolute atomic E-state index is 11.6. The number of anilines is 1. The van der Waals surface area contributed by atoms with Gasteiger partial charge in [-0.1, -0.05) is 18.2 Å². The Morgan fingerprint density at radius 1 is 1.32 bits per heavy atom. The predicted molar refractivity (Wildman–Crippen MR) is 85.2 cm³/mol. The number of benzene rings is 1. The summed E-state index contributed by atoms with van der Waals surface area (Å²) in [5, 5.41) is 0. The van der Waals surface area contributed by atoms with Crippen LogP contribution in [0.25, 0.3) is 0 Å². The van der Waals surface area contributed by atoms with Crippen molar-refractivity contribution >= 4 is 11.7 Å². The first kappa shape index (κ1) is 15.3. The third-order valence-electron chi connectivity index (χ3n) is 4.51. The monoisotopic (exact) mass is 304 g/mol. The minimum Gasteiger partial charge on any atom is -0.467 e. The Morgan fingerprint density at radius 2 is 2.18 bits per heavy atom. The maximum Gasteiger partial charge on any atom is 0.336 e. The summed E-state index contributed by atoms with van der Waals surface area (Å²) in [4.78, 5) is 16.4. The average molecular weight is 304 g/mol. The van der Waals surface area contributed by atoms with Crippen molar-refractivity contribution in [3.63, 3.8) is 0 Å². The summed E-state index contributed by atoms with van der Waals surface area (Å²) in [7, 11) is 1.41. The van der Waals surface area contributed by atoms with Crippen molar-refractivity contribution in [2.75, 3.05) is 51.3 Å². The van der Waals surface area contributed by atoms with Crippen molar-refractivity contribution in [2.45, 2.75) is 18.9 Å². The highest BCUT2D eigenvalue weighted by atomic mass is 16.6. The molecule has 0 amide bonds. The summed E-state index contributed by atoms with van der Waals surface area (Å²) in [6.45, 7) is 5.15. The number of carbonyl (C=O) groups excluding carboxylic acids is 1. The van der Waals surface area contributed by atoms with Crippen LogP contribution >= 0.6 is 0 Å². The van der Waals surface area contributed by atoms with Gasteiger partial charge in [0.1, 0.15) is 0 Å². The number of methoxy groups -OCH3 is 1. The van der Waals surface area contributed by atoms with Crippen LogP contribution in [0.1, 0.15) is 12.0 Å². The van der Waals surface area contributed by atoms with Gasteiger partial charge < -0.3 is 14.4 Å². The molecule has 1 aromatic carbocycles. The number of nitrogens with zero attached hydrogens (tertiary/aromatic N) is 2. The molecule has 1 aromatic rings. The van der Waals surface area contributed by atoms with E-state index in [1.54, 1.807) is 0 Å². The van der Waals surface area contributed by atoms with Crippen LogP contribution in [0, 0.1) is 0 Å². The third kappa shape index (κ3) is 3.42. The van der Waals surface area contributed by atoms with Gasteiger partial charge in [-0.2, -0.15) is 0 Å². The van der Waals surface area contributed by atoms with E-state index in [4.69, 9.17) is 9.47 Å². The first-order valence-electron chi connectivity index (χ1n) is 8.02. The summed E-state index contributed by atoms with van der Waals surface area (Å²) in [5.74, 6) is -0.270. The number of esters is 1. The minimum atomic E-state index is -0.438. The smallest absolute Gasteiger partial charge is 0.336 e. The zero-order valence-electron chi connectivity index (χ0n) is 13.2. The van der Waals surface area contributed by atoms with Crippen LogP contribution in [-0.2, 0) is 20.7 Å². The van der Waals surface area contributed by atoms with E-state index < -0.39 is 6.10 Å². The number of hydrogen-bond donors (Lipinski definition) is 0. The zero-order valence-corrected chi connectivity index (χ0v) is 13.2. The van der Waals surface area contributed by atoms with Gasteiger partial charge in [-0.15, -0.1) is 0 Å². The van der Waals surface area contributed by atoms with Crippen LogP contribution in [0.2, 0.25) is 0 Å². The van der Waals surface area contributed by atoms with Crippen molar-refractivity contribution in [3.8, 4) is 0 Å². The molecule has 0 saturated carbocycles. The molecule has 1 fully saturated rings. The summed E-state index contributed by atoms with van der Waals surface area (Å²) in [6.07, 6.45) is 1.95. The molecular weight excluding hydrogens is 280 g/mol. The van der Waals surface area contributed by atoms with Crippen LogP contribution in [0.15, 0.2) is 24.3 Å². The second-order valence-electron chi connectivity index (χ2n) is 5.90. The molecule has 5 nitrogen and oxygen atoms in total. The summed E-state index contributed by atoms with van der Waals surface area (Å²) < 4.78 is 10.3. The van der Waals surface area contributed by atoms with Gasteiger partial charge in [-0.3, -0.25) is 4.90 Å². The molecule has 22 heavy (non-hydrogen) atoms. The quantitative estimate of drug-likeness (QED) is 0.785. The van der Waals surface area contributed by atoms with Crippen LogP contribution in [-0.4, -0.2) is 63.4 Å². The summed E-state index contributed by atoms with van der Waals surface area (Å²) in [5.41, 5.74) is 2.81. The molecule has 3 rings (SSSR count). The molecule has 0 aromatic heterocycles. The number of hydrogen-bond acceptors (Lipinski definition) is 5. The lowest BCUT2D eigenvalue weighted by molar-refractivity contribution is -0.159. The van der Waals surface area contributed by atoms with Crippen molar-refractivity contribution in [3.05, 3.63) is 29.8 Å². The number of fused-ring (bicyclic) bond motifs is 1. The maximum atomic E-state index is 11.6. The number of para-hydroxylation sites is 1. The standard InChI is InChI=1S/C17H24N2O3/c1-21-17(20)16-13-18(11-12-22-16)9-10-19-8-4-6-14-5-2-3-7-15(14)19/h2-3,5,7,16H,4,6,8-13H2,1H3. The van der Waals surface area contributed by atoms with Gasteiger partial charge >= 0.3 is 5.97 Å². The van der Waals surface area contributed by atoms with Crippen molar-refractivity contribution in [1.29, 1.82) is 0 Å². The lowest BCUT2D eigenvalue weighted by Crippen LogP contribution is -2.49. The van der Waals surface area contributed by atoms with E-state index in [0.717, 1.165) is 26.2 Å². The molecule has 5 heteroatoms. The normalized spacial score (nSPS) is 22.2. The topological polar surface area (TPSA) is 42.0 Å². The Bertz CT molecular complexity index is 520. The van der Waals surface area contributed by atoms with E-state index >= 15 is 0 Å². The van der Waals surface area contributed by atoms with Gasteiger partial charge in [0.25, 0.3) is 0 Å². The number of ether oxygens (including phenoxy) is 2. The van der Waals surface area contributed by atoms with E-state index in [-0.39, 0.29) is 5.97 Å². The first-order chi connectivity index (χ1) is 10.8. The van der Waals surface area contributed by atoms with Crippen molar-refractivity contribution < 1.29 is 14.3 Å². The van der Waals surface area contributed by atoms with Gasteiger partial charge in [0.2, 0.25) is 0 Å². The zero-order chi connectivity index (χ0) is 15.4. The van der Waals surface area contributed by atoms with E-state index in [0.29, 0.717) is 13.2 Å². The van der Waals surface area contributed by atoms with Crippen molar-refractivity contribution in [1.82, 2.24) is 4.90 Å². The largest absolute Gasteiger partial charge is 0.467 e. The fourth-order valence-corrected chi connectivity index (χ4v) is 3.29. The van der Waals surface area contributed by atoms with Gasteiger partial charge in [0.15, 0.2) is 6.10 Å². The number of aryl methyl sites for hydroxylation is 1. The van der Waals surface area contributed by atoms with Crippen LogP contribution in [0.4, 0.5) is 5.69 Å². The Labute approximate surface area is 131 Å². The SMILES string of the molecule is COC(=O)C1CN(CCN2CCCc3ccccc32)CCO1. The number of rotatable bonds is 4. The average Bonchev–Trinajstić information content (AvgIpc) is 2.59. The predicted octanol–water partition coefficient (Wildman–Crippen LogP) is 1.31. The van der Waals surface area contributed by atoms with E-state index in [1.807, 2.05) is 0 Å². The minimum absolute atomic E-state index is 0.270. The molecule has 0 N–H and O–H groups in total. The first-order valence-corrected chi connectivity index (χ1v) is 8.02. The summed E-state index contributed by atoms with van der Waals surface area (Å²) in [6, 6.07) is 8.67. The van der Waals surface area contributed by atoms with Crippen LogP contribution in [0.5, 0.6) is 0 Å². The van der Waals surface area contributed by atoms with Crippen LogP contribution in [0.3, 0.4) is 0 Å². The molecule has 0 aliphatic carbocycles. The van der Waals surface area contributed by atoms with Gasteiger partial charge in [0, 0.05) is 38.4 Å². The molecule has 2 heterocycles.